The molecule has 3 fully saturated rings. The molecule has 4 heterocycles. The van der Waals surface area contributed by atoms with Crippen LogP contribution in [0.2, 0.25) is 0 Å². The molecule has 4 aliphatic rings. The van der Waals surface area contributed by atoms with Gasteiger partial charge < -0.3 is 20.4 Å². The summed E-state index contributed by atoms with van der Waals surface area (Å²) in [6.07, 6.45) is 11.1. The summed E-state index contributed by atoms with van der Waals surface area (Å²) >= 11 is 0. The molecule has 0 aromatic carbocycles. The lowest BCUT2D eigenvalue weighted by Crippen LogP contribution is -2.56. The number of amides is 4. The van der Waals surface area contributed by atoms with Gasteiger partial charge in [0.05, 0.1) is 18.5 Å². The van der Waals surface area contributed by atoms with Crippen LogP contribution in [0.4, 0.5) is 0 Å². The van der Waals surface area contributed by atoms with E-state index in [2.05, 4.69) is 27.7 Å². The maximum atomic E-state index is 13.1. The van der Waals surface area contributed by atoms with Crippen LogP contribution >= 0.6 is 0 Å². The molecule has 0 aromatic rings. The standard InChI is InChI=1S/C26H41N5O4/c1-20(32)30-15-10-26(11-16-30)9-4-3-7-21-18-31(24(34)19-29-12-5-2-6-13-29)14-8-22(21)28-23(33)17-27-25(26)35/h3-4,21-22H,2,5-19H2,1H3,(H,27,35)(H,28,33)/b4-3+/t21-,22+/m0/s1. The molecule has 1 spiro atoms. The normalized spacial score (nSPS) is 29.3. The molecule has 0 aliphatic carbocycles. The van der Waals surface area contributed by atoms with Crippen molar-refractivity contribution in [3.8, 4) is 0 Å². The molecule has 4 amide bonds. The summed E-state index contributed by atoms with van der Waals surface area (Å²) in [5.41, 5.74) is -0.593. The number of piperidine rings is 3. The van der Waals surface area contributed by atoms with E-state index in [1.165, 1.54) is 19.3 Å². The Hall–Kier alpha value is -2.42. The maximum Gasteiger partial charge on any atom is 0.239 e. The lowest BCUT2D eigenvalue weighted by Gasteiger charge is -2.41. The first-order valence-corrected chi connectivity index (χ1v) is 13.3. The summed E-state index contributed by atoms with van der Waals surface area (Å²) < 4.78 is 0. The van der Waals surface area contributed by atoms with Gasteiger partial charge in [-0.05, 0) is 58.0 Å². The predicted octanol–water partition coefficient (Wildman–Crippen LogP) is 0.901. The first-order valence-electron chi connectivity index (χ1n) is 13.3. The number of carbonyl (C=O) groups excluding carboxylic acids is 4. The molecule has 9 heteroatoms. The van der Waals surface area contributed by atoms with Crippen molar-refractivity contribution in [1.82, 2.24) is 25.3 Å². The van der Waals surface area contributed by atoms with E-state index in [-0.39, 0.29) is 42.1 Å². The van der Waals surface area contributed by atoms with Crippen LogP contribution in [0.3, 0.4) is 0 Å². The molecule has 0 saturated carbocycles. The second-order valence-electron chi connectivity index (χ2n) is 10.8. The van der Waals surface area contributed by atoms with Gasteiger partial charge in [0.15, 0.2) is 0 Å². The zero-order chi connectivity index (χ0) is 24.8. The number of hydrogen-bond acceptors (Lipinski definition) is 5. The van der Waals surface area contributed by atoms with Crippen molar-refractivity contribution in [3.05, 3.63) is 12.2 Å². The Balaban J connectivity index is 1.40. The summed E-state index contributed by atoms with van der Waals surface area (Å²) in [6, 6.07) is -0.00437. The fourth-order valence-corrected chi connectivity index (χ4v) is 6.06. The molecule has 0 aromatic heterocycles. The van der Waals surface area contributed by atoms with Gasteiger partial charge in [-0.25, -0.2) is 0 Å². The quantitative estimate of drug-likeness (QED) is 0.564. The summed E-state index contributed by atoms with van der Waals surface area (Å²) in [4.78, 5) is 56.6. The topological polar surface area (TPSA) is 102 Å². The largest absolute Gasteiger partial charge is 0.351 e. The molecule has 2 N–H and O–H groups in total. The van der Waals surface area contributed by atoms with Crippen molar-refractivity contribution < 1.29 is 19.2 Å². The number of carbonyl (C=O) groups is 4. The Morgan fingerprint density at radius 3 is 2.46 bits per heavy atom. The van der Waals surface area contributed by atoms with E-state index in [1.807, 2.05) is 4.90 Å². The Labute approximate surface area is 208 Å². The Bertz CT molecular complexity index is 830. The molecule has 9 nitrogen and oxygen atoms in total. The van der Waals surface area contributed by atoms with Crippen LogP contribution in [0, 0.1) is 11.3 Å². The Kier molecular flexibility index (Phi) is 8.46. The smallest absolute Gasteiger partial charge is 0.239 e. The van der Waals surface area contributed by atoms with E-state index in [4.69, 9.17) is 0 Å². The van der Waals surface area contributed by atoms with Gasteiger partial charge >= 0.3 is 0 Å². The summed E-state index contributed by atoms with van der Waals surface area (Å²) in [7, 11) is 0. The lowest BCUT2D eigenvalue weighted by atomic mass is 9.74. The molecular formula is C26H41N5O4. The first-order chi connectivity index (χ1) is 16.9. The molecule has 194 valence electrons. The number of nitrogens with one attached hydrogen (secondary N) is 2. The Morgan fingerprint density at radius 1 is 1.00 bits per heavy atom. The fraction of sp³-hybridized carbons (Fsp3) is 0.769. The molecule has 0 unspecified atom stereocenters. The summed E-state index contributed by atoms with van der Waals surface area (Å²) in [5.74, 6) is 0.0965. The number of rotatable bonds is 2. The molecule has 4 rings (SSSR count). The van der Waals surface area contributed by atoms with Gasteiger partial charge in [-0.1, -0.05) is 18.6 Å². The number of likely N-dealkylation sites (tertiary alicyclic amines) is 3. The highest BCUT2D eigenvalue weighted by Crippen LogP contribution is 2.36. The van der Waals surface area contributed by atoms with E-state index in [1.54, 1.807) is 11.8 Å². The van der Waals surface area contributed by atoms with Crippen LogP contribution in [0.5, 0.6) is 0 Å². The van der Waals surface area contributed by atoms with Gasteiger partial charge in [-0.2, -0.15) is 0 Å². The highest BCUT2D eigenvalue weighted by Gasteiger charge is 2.41. The SMILES string of the molecule is CC(=O)N1CCC2(C/C=C/C[C@H]3CN(C(=O)CN4CCCCC4)CC[C@H]3NC(=O)CNC2=O)CC1. The fourth-order valence-electron chi connectivity index (χ4n) is 6.06. The number of nitrogens with zero attached hydrogens (tertiary/aromatic N) is 3. The van der Waals surface area contributed by atoms with Crippen molar-refractivity contribution in [2.75, 3.05) is 52.4 Å². The van der Waals surface area contributed by atoms with Crippen molar-refractivity contribution >= 4 is 23.6 Å². The molecular weight excluding hydrogens is 446 g/mol. The second-order valence-corrected chi connectivity index (χ2v) is 10.8. The maximum absolute atomic E-state index is 13.1. The summed E-state index contributed by atoms with van der Waals surface area (Å²) in [5, 5.41) is 5.99. The van der Waals surface area contributed by atoms with Gasteiger partial charge in [0, 0.05) is 45.1 Å². The van der Waals surface area contributed by atoms with E-state index in [0.29, 0.717) is 52.0 Å². The highest BCUT2D eigenvalue weighted by molar-refractivity contribution is 5.88. The van der Waals surface area contributed by atoms with Crippen LogP contribution < -0.4 is 10.6 Å². The van der Waals surface area contributed by atoms with Crippen molar-refractivity contribution in [1.29, 1.82) is 0 Å². The van der Waals surface area contributed by atoms with Gasteiger partial charge in [-0.3, -0.25) is 24.1 Å². The molecule has 3 saturated heterocycles. The minimum atomic E-state index is -0.593. The third kappa shape index (κ3) is 6.42. The van der Waals surface area contributed by atoms with Gasteiger partial charge in [0.1, 0.15) is 0 Å². The van der Waals surface area contributed by atoms with Crippen LogP contribution in [-0.4, -0.2) is 96.7 Å². The predicted molar refractivity (Wildman–Crippen MR) is 132 cm³/mol. The van der Waals surface area contributed by atoms with E-state index < -0.39 is 5.41 Å². The average molecular weight is 488 g/mol. The molecule has 0 bridgehead atoms. The van der Waals surface area contributed by atoms with Gasteiger partial charge in [0.25, 0.3) is 0 Å². The second kappa shape index (κ2) is 11.5. The molecule has 0 radical (unpaired) electrons. The average Bonchev–Trinajstić information content (AvgIpc) is 2.86. The van der Waals surface area contributed by atoms with Crippen molar-refractivity contribution in [2.45, 2.75) is 64.3 Å². The van der Waals surface area contributed by atoms with Gasteiger partial charge in [0.2, 0.25) is 23.6 Å². The van der Waals surface area contributed by atoms with E-state index in [0.717, 1.165) is 25.9 Å². The number of allylic oxidation sites excluding steroid dienone is 2. The lowest BCUT2D eigenvalue weighted by molar-refractivity contribution is -0.140. The molecule has 2 atom stereocenters. The monoisotopic (exact) mass is 487 g/mol. The number of fused-ring (bicyclic) bond motifs is 1. The van der Waals surface area contributed by atoms with E-state index in [9.17, 15) is 19.2 Å². The molecule has 35 heavy (non-hydrogen) atoms. The Morgan fingerprint density at radius 2 is 1.74 bits per heavy atom. The number of hydrogen-bond donors (Lipinski definition) is 2. The minimum absolute atomic E-state index is 0.00437. The molecule has 4 aliphatic heterocycles. The summed E-state index contributed by atoms with van der Waals surface area (Å²) in [6.45, 7) is 6.43. The van der Waals surface area contributed by atoms with Gasteiger partial charge in [-0.15, -0.1) is 0 Å². The van der Waals surface area contributed by atoms with Crippen molar-refractivity contribution in [2.24, 2.45) is 11.3 Å². The van der Waals surface area contributed by atoms with Crippen LogP contribution in [0.1, 0.15) is 58.3 Å². The van der Waals surface area contributed by atoms with Crippen LogP contribution in [0.15, 0.2) is 12.2 Å². The third-order valence-electron chi connectivity index (χ3n) is 8.41. The van der Waals surface area contributed by atoms with Crippen LogP contribution in [0.25, 0.3) is 0 Å². The van der Waals surface area contributed by atoms with E-state index >= 15 is 0 Å². The first kappa shape index (κ1) is 25.7. The minimum Gasteiger partial charge on any atom is -0.351 e. The van der Waals surface area contributed by atoms with Crippen molar-refractivity contribution in [3.63, 3.8) is 0 Å². The van der Waals surface area contributed by atoms with Crippen LogP contribution in [-0.2, 0) is 19.2 Å². The zero-order valence-corrected chi connectivity index (χ0v) is 21.1. The highest BCUT2D eigenvalue weighted by atomic mass is 16.2. The zero-order valence-electron chi connectivity index (χ0n) is 21.1. The third-order valence-corrected chi connectivity index (χ3v) is 8.41.